The summed E-state index contributed by atoms with van der Waals surface area (Å²) in [4.78, 5) is 0. The molecule has 4 rings (SSSR count). The van der Waals surface area contributed by atoms with E-state index in [1.54, 1.807) is 24.3 Å². The molecule has 28 heavy (non-hydrogen) atoms. The Balaban J connectivity index is 1.79. The highest BCUT2D eigenvalue weighted by Gasteiger charge is 2.43. The summed E-state index contributed by atoms with van der Waals surface area (Å²) >= 11 is 0. The van der Waals surface area contributed by atoms with E-state index in [4.69, 9.17) is 11.0 Å². The molecule has 5 N–H and O–H groups in total. The fraction of sp³-hybridized carbons (Fsp3) is 0.143. The van der Waals surface area contributed by atoms with Crippen molar-refractivity contribution in [1.29, 1.82) is 0 Å². The molecule has 0 bridgehead atoms. The summed E-state index contributed by atoms with van der Waals surface area (Å²) in [6, 6.07) is 25.8. The van der Waals surface area contributed by atoms with Crippen molar-refractivity contribution in [3.05, 3.63) is 90.5 Å². The molecule has 0 saturated carbocycles. The van der Waals surface area contributed by atoms with E-state index < -0.39 is 26.0 Å². The predicted octanol–water partition coefficient (Wildman–Crippen LogP) is 3.99. The average molecular weight is 411 g/mol. The van der Waals surface area contributed by atoms with Crippen molar-refractivity contribution in [2.24, 2.45) is 11.0 Å². The minimum atomic E-state index is -3.27. The minimum Gasteiger partial charge on any atom is -0.374 e. The van der Waals surface area contributed by atoms with Crippen LogP contribution in [0.5, 0.6) is 0 Å². The third kappa shape index (κ3) is 3.36. The first-order valence-electron chi connectivity index (χ1n) is 9.14. The molecule has 1 aliphatic heterocycles. The van der Waals surface area contributed by atoms with E-state index in [1.807, 2.05) is 60.7 Å². The zero-order valence-electron chi connectivity index (χ0n) is 15.3. The Morgan fingerprint density at radius 2 is 1.21 bits per heavy atom. The SMILES string of the molecule is NP(=O)(c1ccccc1)C1CC(P(N)(=O)c2ccccc2)c2ccccc2N1. The van der Waals surface area contributed by atoms with E-state index in [0.717, 1.165) is 11.3 Å². The lowest BCUT2D eigenvalue weighted by Gasteiger charge is -2.38. The second-order valence-corrected chi connectivity index (χ2v) is 12.2. The third-order valence-electron chi connectivity index (χ3n) is 5.33. The number of nitrogens with one attached hydrogen (secondary N) is 1. The number of nitrogens with two attached hydrogens (primary N) is 2. The molecule has 1 aliphatic rings. The lowest BCUT2D eigenvalue weighted by atomic mass is 10.0. The van der Waals surface area contributed by atoms with Gasteiger partial charge in [0, 0.05) is 16.3 Å². The van der Waals surface area contributed by atoms with Gasteiger partial charge in [0.25, 0.3) is 0 Å². The highest BCUT2D eigenvalue weighted by molar-refractivity contribution is 7.71. The van der Waals surface area contributed by atoms with Gasteiger partial charge in [0.05, 0.1) is 11.4 Å². The van der Waals surface area contributed by atoms with Crippen LogP contribution in [0.25, 0.3) is 0 Å². The van der Waals surface area contributed by atoms with Crippen LogP contribution in [0.3, 0.4) is 0 Å². The van der Waals surface area contributed by atoms with Crippen molar-refractivity contribution in [2.75, 3.05) is 5.32 Å². The van der Waals surface area contributed by atoms with Crippen LogP contribution in [0.1, 0.15) is 17.6 Å². The van der Waals surface area contributed by atoms with Gasteiger partial charge in [-0.15, -0.1) is 0 Å². The van der Waals surface area contributed by atoms with Crippen LogP contribution in [0.2, 0.25) is 0 Å². The summed E-state index contributed by atoms with van der Waals surface area (Å²) in [5.74, 6) is -0.546. The molecule has 3 aromatic rings. The normalized spacial score (nSPS) is 22.9. The number of hydrogen-bond acceptors (Lipinski definition) is 3. The van der Waals surface area contributed by atoms with Gasteiger partial charge in [0.1, 0.15) is 0 Å². The van der Waals surface area contributed by atoms with Gasteiger partial charge in [-0.2, -0.15) is 0 Å². The number of benzene rings is 3. The van der Waals surface area contributed by atoms with Crippen molar-refractivity contribution in [1.82, 2.24) is 0 Å². The van der Waals surface area contributed by atoms with Crippen LogP contribution in [-0.4, -0.2) is 5.78 Å². The molecule has 0 spiro atoms. The Hall–Kier alpha value is -2.16. The fourth-order valence-corrected chi connectivity index (χ4v) is 7.97. The molecule has 0 amide bonds. The highest BCUT2D eigenvalue weighted by atomic mass is 31.2. The maximum atomic E-state index is 13.8. The van der Waals surface area contributed by atoms with E-state index in [2.05, 4.69) is 5.32 Å². The summed E-state index contributed by atoms with van der Waals surface area (Å²) in [6.07, 6.45) is 0.336. The first kappa shape index (κ1) is 19.2. The number of fused-ring (bicyclic) bond motifs is 1. The average Bonchev–Trinajstić information content (AvgIpc) is 2.74. The molecule has 4 atom stereocenters. The Labute approximate surface area is 165 Å². The standard InChI is InChI=1S/C21H23N3O2P2/c22-27(25,16-9-3-1-4-10-16)20-15-21(24-19-14-8-7-13-18(19)20)28(23,26)17-11-5-2-6-12-17/h1-14,20-21,24H,15H2,(H2,22,25)(H2,23,26). The van der Waals surface area contributed by atoms with Crippen molar-refractivity contribution in [3.8, 4) is 0 Å². The molecule has 1 heterocycles. The molecule has 0 aliphatic carbocycles. The molecule has 0 saturated heterocycles. The summed E-state index contributed by atoms with van der Waals surface area (Å²) < 4.78 is 27.3. The van der Waals surface area contributed by atoms with Crippen LogP contribution in [0.4, 0.5) is 5.69 Å². The molecule has 0 aromatic heterocycles. The second-order valence-electron chi connectivity index (χ2n) is 7.09. The summed E-state index contributed by atoms with van der Waals surface area (Å²) in [7, 11) is -6.53. The van der Waals surface area contributed by atoms with Crippen molar-refractivity contribution in [3.63, 3.8) is 0 Å². The molecule has 3 aromatic carbocycles. The molecular weight excluding hydrogens is 388 g/mol. The molecule has 5 nitrogen and oxygen atoms in total. The Kier molecular flexibility index (Phi) is 5.03. The first-order chi connectivity index (χ1) is 13.4. The summed E-state index contributed by atoms with van der Waals surface area (Å²) in [5, 5.41) is 4.53. The molecule has 144 valence electrons. The Morgan fingerprint density at radius 1 is 0.714 bits per heavy atom. The zero-order chi connectivity index (χ0) is 19.8. The topological polar surface area (TPSA) is 98.2 Å². The van der Waals surface area contributed by atoms with E-state index in [1.165, 1.54) is 0 Å². The lowest BCUT2D eigenvalue weighted by Crippen LogP contribution is -2.36. The Bertz CT molecular complexity index is 1070. The van der Waals surface area contributed by atoms with Gasteiger partial charge in [-0.3, -0.25) is 15.6 Å². The minimum absolute atomic E-state index is 0.336. The number of anilines is 1. The van der Waals surface area contributed by atoms with Gasteiger partial charge in [0.2, 0.25) is 0 Å². The lowest BCUT2D eigenvalue weighted by molar-refractivity contribution is 0.554. The summed E-state index contributed by atoms with van der Waals surface area (Å²) in [6.45, 7) is 0. The van der Waals surface area contributed by atoms with Gasteiger partial charge >= 0.3 is 0 Å². The molecule has 7 heteroatoms. The van der Waals surface area contributed by atoms with Crippen molar-refractivity contribution < 1.29 is 9.13 Å². The largest absolute Gasteiger partial charge is 0.374 e. The zero-order valence-corrected chi connectivity index (χ0v) is 17.1. The van der Waals surface area contributed by atoms with Crippen LogP contribution in [0, 0.1) is 0 Å². The van der Waals surface area contributed by atoms with Crippen LogP contribution in [0.15, 0.2) is 84.9 Å². The number of para-hydroxylation sites is 1. The van der Waals surface area contributed by atoms with Gasteiger partial charge in [0.15, 0.2) is 14.6 Å². The van der Waals surface area contributed by atoms with Gasteiger partial charge in [-0.25, -0.2) is 0 Å². The molecule has 0 radical (unpaired) electrons. The van der Waals surface area contributed by atoms with Gasteiger partial charge in [-0.05, 0) is 18.1 Å². The quantitative estimate of drug-likeness (QED) is 0.564. The van der Waals surface area contributed by atoms with E-state index in [9.17, 15) is 9.13 Å². The van der Waals surface area contributed by atoms with Crippen LogP contribution < -0.4 is 26.9 Å². The van der Waals surface area contributed by atoms with Crippen molar-refractivity contribution >= 4 is 30.9 Å². The monoisotopic (exact) mass is 411 g/mol. The van der Waals surface area contributed by atoms with E-state index in [0.29, 0.717) is 17.0 Å². The highest BCUT2D eigenvalue weighted by Crippen LogP contribution is 2.60. The van der Waals surface area contributed by atoms with E-state index >= 15 is 0 Å². The maximum absolute atomic E-state index is 13.8. The molecular formula is C21H23N3O2P2. The maximum Gasteiger partial charge on any atom is 0.194 e. The first-order valence-corrected chi connectivity index (χ1v) is 12.8. The van der Waals surface area contributed by atoms with Crippen molar-refractivity contribution in [2.45, 2.75) is 17.9 Å². The smallest absolute Gasteiger partial charge is 0.194 e. The van der Waals surface area contributed by atoms with E-state index in [-0.39, 0.29) is 0 Å². The van der Waals surface area contributed by atoms with Gasteiger partial charge < -0.3 is 9.88 Å². The van der Waals surface area contributed by atoms with Gasteiger partial charge in [-0.1, -0.05) is 78.9 Å². The second kappa shape index (κ2) is 7.35. The molecule has 0 fully saturated rings. The van der Waals surface area contributed by atoms with Crippen LogP contribution >= 0.6 is 14.6 Å². The number of hydrogen-bond donors (Lipinski definition) is 3. The number of rotatable bonds is 4. The Morgan fingerprint density at radius 3 is 1.82 bits per heavy atom. The molecule has 4 unspecified atom stereocenters. The fourth-order valence-electron chi connectivity index (χ4n) is 3.79. The predicted molar refractivity (Wildman–Crippen MR) is 117 cm³/mol. The third-order valence-corrected chi connectivity index (χ3v) is 10.2. The van der Waals surface area contributed by atoms with Crippen LogP contribution in [-0.2, 0) is 9.13 Å². The summed E-state index contributed by atoms with van der Waals surface area (Å²) in [5.41, 5.74) is 14.0.